The van der Waals surface area contributed by atoms with E-state index in [1.54, 1.807) is 14.2 Å². The number of ketones is 1. The van der Waals surface area contributed by atoms with Crippen LogP contribution < -0.4 is 19.5 Å². The SMILES string of the molecule is COc1ccc(C2CC(=O)C3=C(C2)NC(C)=C(C(=O)OC2CCCC2)C3c2ccccc2OC(C)C)cc1OC. The third kappa shape index (κ3) is 5.47. The maximum atomic E-state index is 14.1. The van der Waals surface area contributed by atoms with Gasteiger partial charge in [-0.25, -0.2) is 4.79 Å². The van der Waals surface area contributed by atoms with Gasteiger partial charge in [-0.2, -0.15) is 0 Å². The van der Waals surface area contributed by atoms with Crippen LogP contribution in [0.4, 0.5) is 0 Å². The van der Waals surface area contributed by atoms with E-state index in [1.165, 1.54) is 0 Å². The number of hydrogen-bond acceptors (Lipinski definition) is 7. The summed E-state index contributed by atoms with van der Waals surface area (Å²) in [6.45, 7) is 5.85. The molecule has 2 aliphatic carbocycles. The lowest BCUT2D eigenvalue weighted by Crippen LogP contribution is -2.36. The van der Waals surface area contributed by atoms with Crippen molar-refractivity contribution in [3.05, 3.63) is 76.1 Å². The molecule has 2 aromatic rings. The molecule has 0 bridgehead atoms. The van der Waals surface area contributed by atoms with Gasteiger partial charge in [0, 0.05) is 29.0 Å². The Kier molecular flexibility index (Phi) is 8.19. The highest BCUT2D eigenvalue weighted by Crippen LogP contribution is 2.48. The fraction of sp³-hybridized carbons (Fsp3) is 0.455. The first-order valence-corrected chi connectivity index (χ1v) is 14.2. The van der Waals surface area contributed by atoms with E-state index in [-0.39, 0.29) is 29.9 Å². The van der Waals surface area contributed by atoms with Crippen LogP contribution in [0.3, 0.4) is 0 Å². The fourth-order valence-electron chi connectivity index (χ4n) is 6.26. The average molecular weight is 546 g/mol. The van der Waals surface area contributed by atoms with E-state index in [0.29, 0.717) is 46.9 Å². The summed E-state index contributed by atoms with van der Waals surface area (Å²) in [4.78, 5) is 27.8. The van der Waals surface area contributed by atoms with Gasteiger partial charge in [-0.1, -0.05) is 24.3 Å². The first kappa shape index (κ1) is 27.8. The van der Waals surface area contributed by atoms with Crippen LogP contribution in [-0.2, 0) is 14.3 Å². The summed E-state index contributed by atoms with van der Waals surface area (Å²) in [7, 11) is 3.22. The van der Waals surface area contributed by atoms with Gasteiger partial charge in [0.05, 0.1) is 31.8 Å². The van der Waals surface area contributed by atoms with Crippen LogP contribution in [0.15, 0.2) is 65.0 Å². The zero-order valence-electron chi connectivity index (χ0n) is 24.0. The van der Waals surface area contributed by atoms with E-state index in [4.69, 9.17) is 18.9 Å². The van der Waals surface area contributed by atoms with E-state index >= 15 is 0 Å². The number of hydrogen-bond donors (Lipinski definition) is 1. The molecule has 0 saturated heterocycles. The number of carbonyl (C=O) groups is 2. The minimum Gasteiger partial charge on any atom is -0.493 e. The molecule has 1 heterocycles. The highest BCUT2D eigenvalue weighted by molar-refractivity contribution is 6.04. The predicted molar refractivity (Wildman–Crippen MR) is 153 cm³/mol. The van der Waals surface area contributed by atoms with Crippen molar-refractivity contribution in [3.8, 4) is 17.2 Å². The Bertz CT molecular complexity index is 1350. The van der Waals surface area contributed by atoms with Gasteiger partial charge >= 0.3 is 5.97 Å². The second-order valence-electron chi connectivity index (χ2n) is 11.1. The van der Waals surface area contributed by atoms with Crippen molar-refractivity contribution >= 4 is 11.8 Å². The molecule has 2 aromatic carbocycles. The van der Waals surface area contributed by atoms with Crippen LogP contribution in [0.1, 0.15) is 82.3 Å². The van der Waals surface area contributed by atoms with E-state index < -0.39 is 5.92 Å². The van der Waals surface area contributed by atoms with Crippen molar-refractivity contribution in [1.29, 1.82) is 0 Å². The van der Waals surface area contributed by atoms with Crippen LogP contribution in [0.5, 0.6) is 17.2 Å². The van der Waals surface area contributed by atoms with Gasteiger partial charge in [0.1, 0.15) is 11.9 Å². The number of benzene rings is 2. The summed E-state index contributed by atoms with van der Waals surface area (Å²) in [6, 6.07) is 13.5. The van der Waals surface area contributed by atoms with Gasteiger partial charge in [0.25, 0.3) is 0 Å². The summed E-state index contributed by atoms with van der Waals surface area (Å²) in [5.41, 5.74) is 4.49. The number of dihydropyridines is 1. The minimum absolute atomic E-state index is 0.0107. The number of carbonyl (C=O) groups excluding carboxylic acids is 2. The molecule has 3 aliphatic rings. The lowest BCUT2D eigenvalue weighted by molar-refractivity contribution is -0.144. The van der Waals surface area contributed by atoms with Gasteiger partial charge < -0.3 is 24.3 Å². The number of rotatable bonds is 8. The molecule has 1 fully saturated rings. The molecule has 2 atom stereocenters. The maximum Gasteiger partial charge on any atom is 0.337 e. The molecule has 0 aromatic heterocycles. The Morgan fingerprint density at radius 1 is 0.950 bits per heavy atom. The Morgan fingerprint density at radius 3 is 2.38 bits per heavy atom. The molecule has 0 amide bonds. The maximum absolute atomic E-state index is 14.1. The summed E-state index contributed by atoms with van der Waals surface area (Å²) in [5.74, 6) is 0.994. The zero-order chi connectivity index (χ0) is 28.4. The van der Waals surface area contributed by atoms with E-state index in [1.807, 2.05) is 63.2 Å². The highest BCUT2D eigenvalue weighted by atomic mass is 16.5. The summed E-state index contributed by atoms with van der Waals surface area (Å²) >= 11 is 0. The number of Topliss-reactive ketones (excluding diaryl/α,β-unsaturated/α-hetero) is 1. The van der Waals surface area contributed by atoms with E-state index in [2.05, 4.69) is 5.32 Å². The summed E-state index contributed by atoms with van der Waals surface area (Å²) < 4.78 is 23.1. The Balaban J connectivity index is 1.57. The van der Waals surface area contributed by atoms with Crippen molar-refractivity contribution in [2.75, 3.05) is 14.2 Å². The first-order chi connectivity index (χ1) is 19.3. The number of allylic oxidation sites excluding steroid dienone is 3. The van der Waals surface area contributed by atoms with E-state index in [9.17, 15) is 9.59 Å². The normalized spacial score (nSPS) is 21.3. The minimum atomic E-state index is -0.570. The van der Waals surface area contributed by atoms with Gasteiger partial charge in [0.2, 0.25) is 0 Å². The Morgan fingerprint density at radius 2 is 1.68 bits per heavy atom. The molecule has 1 saturated carbocycles. The molecule has 40 heavy (non-hydrogen) atoms. The smallest absolute Gasteiger partial charge is 0.337 e. The van der Waals surface area contributed by atoms with Crippen molar-refractivity contribution in [2.45, 2.75) is 83.3 Å². The topological polar surface area (TPSA) is 83.1 Å². The van der Waals surface area contributed by atoms with Gasteiger partial charge in [-0.05, 0) is 82.6 Å². The van der Waals surface area contributed by atoms with Gasteiger partial charge in [0.15, 0.2) is 17.3 Å². The standard InChI is InChI=1S/C33H39NO6/c1-19(2)39-27-13-9-8-12-24(27)31-30(33(36)40-23-10-6-7-11-23)20(3)34-25-16-22(17-26(35)32(25)31)21-14-15-28(37-4)29(18-21)38-5/h8-9,12-15,18-19,22-23,31,34H,6-7,10-11,16-17H2,1-5H3. The second kappa shape index (κ2) is 11.8. The van der Waals surface area contributed by atoms with Crippen LogP contribution in [0, 0.1) is 0 Å². The second-order valence-corrected chi connectivity index (χ2v) is 11.1. The molecule has 0 radical (unpaired) electrons. The molecule has 2 unspecified atom stereocenters. The van der Waals surface area contributed by atoms with Crippen LogP contribution in [-0.4, -0.2) is 38.2 Å². The van der Waals surface area contributed by atoms with Crippen LogP contribution >= 0.6 is 0 Å². The monoisotopic (exact) mass is 545 g/mol. The average Bonchev–Trinajstić information content (AvgIpc) is 3.44. The molecule has 7 heteroatoms. The van der Waals surface area contributed by atoms with E-state index in [0.717, 1.165) is 42.5 Å². The predicted octanol–water partition coefficient (Wildman–Crippen LogP) is 6.34. The van der Waals surface area contributed by atoms with Crippen molar-refractivity contribution in [1.82, 2.24) is 5.32 Å². The van der Waals surface area contributed by atoms with Crippen molar-refractivity contribution in [3.63, 3.8) is 0 Å². The fourth-order valence-corrected chi connectivity index (χ4v) is 6.26. The quantitative estimate of drug-likeness (QED) is 0.388. The number of methoxy groups -OCH3 is 2. The summed E-state index contributed by atoms with van der Waals surface area (Å²) in [6.07, 6.45) is 4.69. The number of nitrogens with one attached hydrogen (secondary N) is 1. The Labute approximate surface area is 236 Å². The number of para-hydroxylation sites is 1. The summed E-state index contributed by atoms with van der Waals surface area (Å²) in [5, 5.41) is 3.46. The Hall–Kier alpha value is -3.74. The molecule has 5 rings (SSSR count). The molecular formula is C33H39NO6. The van der Waals surface area contributed by atoms with Crippen LogP contribution in [0.25, 0.3) is 0 Å². The third-order valence-electron chi connectivity index (χ3n) is 8.10. The van der Waals surface area contributed by atoms with Gasteiger partial charge in [-0.15, -0.1) is 0 Å². The molecule has 7 nitrogen and oxygen atoms in total. The number of ether oxygens (including phenoxy) is 4. The molecule has 1 N–H and O–H groups in total. The highest BCUT2D eigenvalue weighted by Gasteiger charge is 2.43. The molecule has 1 aliphatic heterocycles. The zero-order valence-corrected chi connectivity index (χ0v) is 24.0. The van der Waals surface area contributed by atoms with Gasteiger partial charge in [-0.3, -0.25) is 4.79 Å². The molecule has 0 spiro atoms. The van der Waals surface area contributed by atoms with Crippen molar-refractivity contribution in [2.24, 2.45) is 0 Å². The largest absolute Gasteiger partial charge is 0.493 e. The molecule has 212 valence electrons. The lowest BCUT2D eigenvalue weighted by atomic mass is 9.71. The first-order valence-electron chi connectivity index (χ1n) is 14.2. The third-order valence-corrected chi connectivity index (χ3v) is 8.10. The van der Waals surface area contributed by atoms with Crippen LogP contribution in [0.2, 0.25) is 0 Å². The molecular weight excluding hydrogens is 506 g/mol. The number of esters is 1. The van der Waals surface area contributed by atoms with Crippen molar-refractivity contribution < 1.29 is 28.5 Å². The lowest BCUT2D eigenvalue weighted by Gasteiger charge is -2.37.